The highest BCUT2D eigenvalue weighted by Gasteiger charge is 2.29. The van der Waals surface area contributed by atoms with E-state index >= 15 is 0 Å². The Kier molecular flexibility index (Phi) is 4.14. The lowest BCUT2D eigenvalue weighted by Crippen LogP contribution is -2.41. The van der Waals surface area contributed by atoms with Crippen molar-refractivity contribution in [2.75, 3.05) is 25.0 Å². The zero-order valence-corrected chi connectivity index (χ0v) is 12.5. The Morgan fingerprint density at radius 1 is 1.37 bits per heavy atom. The van der Waals surface area contributed by atoms with Crippen molar-refractivity contribution in [3.05, 3.63) is 29.6 Å². The average molecular weight is 264 g/mol. The molecule has 0 amide bonds. The van der Waals surface area contributed by atoms with Gasteiger partial charge in [-0.2, -0.15) is 0 Å². The fourth-order valence-electron chi connectivity index (χ4n) is 2.98. The molecule has 106 valence electrons. The highest BCUT2D eigenvalue weighted by molar-refractivity contribution is 5.56. The van der Waals surface area contributed by atoms with Crippen molar-refractivity contribution in [3.63, 3.8) is 0 Å². The number of nitrogens with zero attached hydrogens (tertiary/aromatic N) is 1. The molecule has 2 nitrogen and oxygen atoms in total. The van der Waals surface area contributed by atoms with Gasteiger partial charge in [0.1, 0.15) is 5.82 Å². The zero-order valence-electron chi connectivity index (χ0n) is 12.5. The fraction of sp³-hybridized carbons (Fsp3) is 0.625. The Hall–Kier alpha value is -1.09. The van der Waals surface area contributed by atoms with Crippen LogP contribution in [-0.4, -0.2) is 20.1 Å². The van der Waals surface area contributed by atoms with Gasteiger partial charge in [0.15, 0.2) is 0 Å². The first-order chi connectivity index (χ1) is 8.94. The molecule has 1 aromatic carbocycles. The van der Waals surface area contributed by atoms with E-state index in [-0.39, 0.29) is 17.3 Å². The van der Waals surface area contributed by atoms with Crippen LogP contribution in [0, 0.1) is 11.2 Å². The molecular weight excluding hydrogens is 239 g/mol. The summed E-state index contributed by atoms with van der Waals surface area (Å²) in [6, 6.07) is 5.57. The molecule has 1 aliphatic rings. The molecule has 19 heavy (non-hydrogen) atoms. The molecule has 1 N–H and O–H groups in total. The van der Waals surface area contributed by atoms with Crippen molar-refractivity contribution in [2.24, 2.45) is 5.41 Å². The van der Waals surface area contributed by atoms with Crippen LogP contribution in [0.25, 0.3) is 0 Å². The van der Waals surface area contributed by atoms with Crippen LogP contribution in [0.15, 0.2) is 18.2 Å². The minimum absolute atomic E-state index is 0.0997. The number of benzene rings is 1. The summed E-state index contributed by atoms with van der Waals surface area (Å²) in [5, 5.41) is 3.22. The highest BCUT2D eigenvalue weighted by Crippen LogP contribution is 2.36. The van der Waals surface area contributed by atoms with Crippen LogP contribution in [-0.2, 0) is 0 Å². The number of para-hydroxylation sites is 1. The summed E-state index contributed by atoms with van der Waals surface area (Å²) in [6.07, 6.45) is 2.35. The van der Waals surface area contributed by atoms with Crippen LogP contribution in [0.5, 0.6) is 0 Å². The molecule has 0 spiro atoms. The topological polar surface area (TPSA) is 15.3 Å². The van der Waals surface area contributed by atoms with Crippen molar-refractivity contribution in [1.82, 2.24) is 5.32 Å². The van der Waals surface area contributed by atoms with Gasteiger partial charge in [-0.05, 0) is 43.9 Å². The quantitative estimate of drug-likeness (QED) is 0.895. The van der Waals surface area contributed by atoms with E-state index in [0.29, 0.717) is 0 Å². The predicted molar refractivity (Wildman–Crippen MR) is 79.1 cm³/mol. The summed E-state index contributed by atoms with van der Waals surface area (Å²) in [5.41, 5.74) is 2.11. The molecule has 2 rings (SSSR count). The third-order valence-electron chi connectivity index (χ3n) is 4.13. The molecule has 0 bridgehead atoms. The maximum absolute atomic E-state index is 14.3. The molecular formula is C16H25FN2. The van der Waals surface area contributed by atoms with Gasteiger partial charge in [0, 0.05) is 19.1 Å². The first kappa shape index (κ1) is 14.3. The Bertz CT molecular complexity index is 442. The highest BCUT2D eigenvalue weighted by atomic mass is 19.1. The average Bonchev–Trinajstić information content (AvgIpc) is 2.36. The Balaban J connectivity index is 2.37. The lowest BCUT2D eigenvalue weighted by atomic mass is 9.83. The molecule has 0 radical (unpaired) electrons. The van der Waals surface area contributed by atoms with Gasteiger partial charge in [-0.1, -0.05) is 26.0 Å². The smallest absolute Gasteiger partial charge is 0.146 e. The summed E-state index contributed by atoms with van der Waals surface area (Å²) in [6.45, 7) is 8.49. The molecule has 1 aliphatic heterocycles. The molecule has 1 atom stereocenters. The van der Waals surface area contributed by atoms with Crippen molar-refractivity contribution in [2.45, 2.75) is 39.7 Å². The van der Waals surface area contributed by atoms with Crippen LogP contribution in [0.2, 0.25) is 0 Å². The molecule has 1 fully saturated rings. The van der Waals surface area contributed by atoms with Crippen LogP contribution in [0.1, 0.15) is 45.2 Å². The number of nitrogens with one attached hydrogen (secondary N) is 1. The first-order valence-corrected chi connectivity index (χ1v) is 7.15. The van der Waals surface area contributed by atoms with Crippen molar-refractivity contribution < 1.29 is 4.39 Å². The number of rotatable bonds is 3. The van der Waals surface area contributed by atoms with E-state index in [0.717, 1.165) is 30.8 Å². The van der Waals surface area contributed by atoms with Gasteiger partial charge in [0.05, 0.1) is 5.69 Å². The van der Waals surface area contributed by atoms with E-state index in [1.165, 1.54) is 6.42 Å². The second kappa shape index (κ2) is 5.49. The monoisotopic (exact) mass is 264 g/mol. The first-order valence-electron chi connectivity index (χ1n) is 7.15. The van der Waals surface area contributed by atoms with E-state index in [1.807, 2.05) is 13.1 Å². The number of anilines is 1. The fourth-order valence-corrected chi connectivity index (χ4v) is 2.98. The Morgan fingerprint density at radius 2 is 2.11 bits per heavy atom. The summed E-state index contributed by atoms with van der Waals surface area (Å²) in [5.74, 6) is -0.0997. The molecule has 3 heteroatoms. The number of hydrogen-bond donors (Lipinski definition) is 1. The normalized spacial score (nSPS) is 20.4. The summed E-state index contributed by atoms with van der Waals surface area (Å²) in [4.78, 5) is 2.22. The maximum Gasteiger partial charge on any atom is 0.146 e. The van der Waals surface area contributed by atoms with Gasteiger partial charge in [-0.3, -0.25) is 0 Å². The third kappa shape index (κ3) is 3.08. The van der Waals surface area contributed by atoms with Gasteiger partial charge < -0.3 is 10.2 Å². The third-order valence-corrected chi connectivity index (χ3v) is 4.13. The van der Waals surface area contributed by atoms with Crippen molar-refractivity contribution in [1.29, 1.82) is 0 Å². The van der Waals surface area contributed by atoms with Gasteiger partial charge >= 0.3 is 0 Å². The van der Waals surface area contributed by atoms with E-state index in [4.69, 9.17) is 0 Å². The lowest BCUT2D eigenvalue weighted by molar-refractivity contribution is 0.291. The number of hydrogen-bond acceptors (Lipinski definition) is 2. The maximum atomic E-state index is 14.3. The standard InChI is InChI=1S/C16H25FN2/c1-12(18-4)13-7-5-8-14(17)15(13)19-10-6-9-16(2,3)11-19/h5,7-8,12,18H,6,9-11H2,1-4H3. The van der Waals surface area contributed by atoms with Crippen molar-refractivity contribution >= 4 is 5.69 Å². The molecule has 0 saturated carbocycles. The minimum atomic E-state index is -0.0997. The van der Waals surface area contributed by atoms with Gasteiger partial charge in [-0.15, -0.1) is 0 Å². The molecule has 1 heterocycles. The largest absolute Gasteiger partial charge is 0.368 e. The van der Waals surface area contributed by atoms with Crippen LogP contribution < -0.4 is 10.2 Å². The van der Waals surface area contributed by atoms with E-state index < -0.39 is 0 Å². The molecule has 0 aromatic heterocycles. The van der Waals surface area contributed by atoms with Crippen LogP contribution in [0.3, 0.4) is 0 Å². The molecule has 1 saturated heterocycles. The molecule has 1 unspecified atom stereocenters. The molecule has 1 aromatic rings. The SMILES string of the molecule is CNC(C)c1cccc(F)c1N1CCCC(C)(C)C1. The Labute approximate surface area is 116 Å². The van der Waals surface area contributed by atoms with Gasteiger partial charge in [0.2, 0.25) is 0 Å². The summed E-state index contributed by atoms with van der Waals surface area (Å²) < 4.78 is 14.3. The second-order valence-corrected chi connectivity index (χ2v) is 6.38. The van der Waals surface area contributed by atoms with Crippen LogP contribution in [0.4, 0.5) is 10.1 Å². The van der Waals surface area contributed by atoms with E-state index in [1.54, 1.807) is 12.1 Å². The predicted octanol–water partition coefficient (Wildman–Crippen LogP) is 3.73. The van der Waals surface area contributed by atoms with Gasteiger partial charge in [-0.25, -0.2) is 4.39 Å². The summed E-state index contributed by atoms with van der Waals surface area (Å²) in [7, 11) is 1.92. The summed E-state index contributed by atoms with van der Waals surface area (Å²) >= 11 is 0. The zero-order chi connectivity index (χ0) is 14.0. The number of piperidine rings is 1. The number of halogens is 1. The molecule has 0 aliphatic carbocycles. The van der Waals surface area contributed by atoms with E-state index in [9.17, 15) is 4.39 Å². The van der Waals surface area contributed by atoms with Gasteiger partial charge in [0.25, 0.3) is 0 Å². The van der Waals surface area contributed by atoms with Crippen LogP contribution >= 0.6 is 0 Å². The Morgan fingerprint density at radius 3 is 2.74 bits per heavy atom. The van der Waals surface area contributed by atoms with E-state index in [2.05, 4.69) is 31.0 Å². The second-order valence-electron chi connectivity index (χ2n) is 6.38. The van der Waals surface area contributed by atoms with Crippen molar-refractivity contribution in [3.8, 4) is 0 Å². The lowest BCUT2D eigenvalue weighted by Gasteiger charge is -2.40. The minimum Gasteiger partial charge on any atom is -0.368 e.